The lowest BCUT2D eigenvalue weighted by molar-refractivity contribution is -0.143. The van der Waals surface area contributed by atoms with Crippen LogP contribution < -0.4 is 21.7 Å². The van der Waals surface area contributed by atoms with Crippen molar-refractivity contribution in [1.29, 1.82) is 0 Å². The molecule has 0 saturated heterocycles. The van der Waals surface area contributed by atoms with Crippen LogP contribution in [0.3, 0.4) is 0 Å². The van der Waals surface area contributed by atoms with Gasteiger partial charge >= 0.3 is 11.9 Å². The molecule has 1 rings (SSSR count). The number of aromatic hydroxyl groups is 1. The number of thiol groups is 2. The van der Waals surface area contributed by atoms with Crippen molar-refractivity contribution in [3.63, 3.8) is 0 Å². The van der Waals surface area contributed by atoms with E-state index in [1.165, 1.54) is 24.3 Å². The van der Waals surface area contributed by atoms with Gasteiger partial charge in [0.25, 0.3) is 0 Å². The average Bonchev–Trinajstić information content (AvgIpc) is 2.76. The summed E-state index contributed by atoms with van der Waals surface area (Å²) in [6.45, 7) is 0. The maximum Gasteiger partial charge on any atom is 0.326 e. The van der Waals surface area contributed by atoms with Gasteiger partial charge in [-0.15, -0.1) is 0 Å². The molecule has 4 atom stereocenters. The molecule has 3 amide bonds. The normalized spacial score (nSPS) is 14.3. The predicted molar refractivity (Wildman–Crippen MR) is 123 cm³/mol. The Balaban J connectivity index is 2.88. The van der Waals surface area contributed by atoms with Gasteiger partial charge in [0.2, 0.25) is 17.7 Å². The maximum absolute atomic E-state index is 12.6. The lowest BCUT2D eigenvalue weighted by atomic mass is 10.1. The first-order chi connectivity index (χ1) is 15.5. The molecule has 1 aromatic rings. The Labute approximate surface area is 200 Å². The number of hydrogen-bond donors (Lipinski definition) is 9. The summed E-state index contributed by atoms with van der Waals surface area (Å²) in [7, 11) is 0. The minimum atomic E-state index is -1.54. The van der Waals surface area contributed by atoms with Crippen LogP contribution in [0.4, 0.5) is 0 Å². The largest absolute Gasteiger partial charge is 0.508 e. The number of aliphatic carboxylic acids is 2. The fourth-order valence-corrected chi connectivity index (χ4v) is 2.98. The minimum Gasteiger partial charge on any atom is -0.508 e. The van der Waals surface area contributed by atoms with Crippen LogP contribution in [0.2, 0.25) is 0 Å². The zero-order valence-electron chi connectivity index (χ0n) is 17.3. The molecule has 1 aromatic carbocycles. The molecule has 8 N–H and O–H groups in total. The summed E-state index contributed by atoms with van der Waals surface area (Å²) in [6.07, 6.45) is -0.885. The molecular weight excluding hydrogens is 476 g/mol. The maximum atomic E-state index is 12.6. The van der Waals surface area contributed by atoms with Crippen molar-refractivity contribution < 1.29 is 39.3 Å². The molecule has 0 aromatic heterocycles. The van der Waals surface area contributed by atoms with Crippen LogP contribution in [-0.2, 0) is 30.4 Å². The molecule has 0 radical (unpaired) electrons. The van der Waals surface area contributed by atoms with Crippen LogP contribution >= 0.6 is 25.3 Å². The molecule has 0 bridgehead atoms. The molecular formula is C19H26N4O8S2. The summed E-state index contributed by atoms with van der Waals surface area (Å²) in [4.78, 5) is 59.7. The van der Waals surface area contributed by atoms with Gasteiger partial charge in [-0.1, -0.05) is 12.1 Å². The predicted octanol–water partition coefficient (Wildman–Crippen LogP) is -1.86. The fourth-order valence-electron chi connectivity index (χ4n) is 2.55. The van der Waals surface area contributed by atoms with Gasteiger partial charge in [-0.2, -0.15) is 25.3 Å². The van der Waals surface area contributed by atoms with Crippen molar-refractivity contribution in [2.45, 2.75) is 37.0 Å². The smallest absolute Gasteiger partial charge is 0.326 e. The molecule has 0 saturated carbocycles. The van der Waals surface area contributed by atoms with Crippen LogP contribution in [0.15, 0.2) is 24.3 Å². The molecule has 0 aliphatic heterocycles. The minimum absolute atomic E-state index is 0.00848. The number of nitrogens with two attached hydrogens (primary N) is 1. The number of nitrogens with one attached hydrogen (secondary N) is 3. The van der Waals surface area contributed by atoms with Crippen molar-refractivity contribution >= 4 is 54.9 Å². The molecule has 182 valence electrons. The van der Waals surface area contributed by atoms with Crippen molar-refractivity contribution in [3.8, 4) is 5.75 Å². The molecule has 33 heavy (non-hydrogen) atoms. The SMILES string of the molecule is NC(CS)C(=O)NC(CC(=O)O)C(=O)NC(CS)C(=O)NC(Cc1ccc(O)cc1)C(=O)O. The van der Waals surface area contributed by atoms with E-state index >= 15 is 0 Å². The molecule has 0 fully saturated rings. The van der Waals surface area contributed by atoms with Crippen molar-refractivity contribution in [2.24, 2.45) is 5.73 Å². The number of phenols is 1. The van der Waals surface area contributed by atoms with Crippen LogP contribution in [-0.4, -0.2) is 80.7 Å². The summed E-state index contributed by atoms with van der Waals surface area (Å²) in [5.74, 6) is -5.70. The first-order valence-electron chi connectivity index (χ1n) is 9.59. The lowest BCUT2D eigenvalue weighted by Gasteiger charge is -2.23. The summed E-state index contributed by atoms with van der Waals surface area (Å²) in [5.41, 5.74) is 6.04. The zero-order valence-corrected chi connectivity index (χ0v) is 19.1. The highest BCUT2D eigenvalue weighted by Gasteiger charge is 2.30. The van der Waals surface area contributed by atoms with Crippen LogP contribution in [0.1, 0.15) is 12.0 Å². The van der Waals surface area contributed by atoms with Gasteiger partial charge in [-0.05, 0) is 17.7 Å². The summed E-state index contributed by atoms with van der Waals surface area (Å²) < 4.78 is 0. The third-order valence-corrected chi connectivity index (χ3v) is 5.11. The molecule has 14 heteroatoms. The Hall–Kier alpha value is -2.97. The average molecular weight is 503 g/mol. The van der Waals surface area contributed by atoms with E-state index in [4.69, 9.17) is 10.8 Å². The van der Waals surface area contributed by atoms with Crippen molar-refractivity contribution in [2.75, 3.05) is 11.5 Å². The van der Waals surface area contributed by atoms with Crippen LogP contribution in [0, 0.1) is 0 Å². The number of carboxylic acids is 2. The van der Waals surface area contributed by atoms with E-state index in [1.807, 2.05) is 0 Å². The summed E-state index contributed by atoms with van der Waals surface area (Å²) in [5, 5.41) is 34.5. The van der Waals surface area contributed by atoms with Gasteiger partial charge < -0.3 is 37.0 Å². The Morgan fingerprint density at radius 3 is 1.82 bits per heavy atom. The number of phenolic OH excluding ortho intramolecular Hbond substituents is 1. The van der Waals surface area contributed by atoms with E-state index in [0.717, 1.165) is 0 Å². The second-order valence-corrected chi connectivity index (χ2v) is 7.69. The third kappa shape index (κ3) is 9.59. The van der Waals surface area contributed by atoms with Crippen LogP contribution in [0.5, 0.6) is 5.75 Å². The van der Waals surface area contributed by atoms with Gasteiger partial charge in [0, 0.05) is 17.9 Å². The number of carboxylic acid groups (broad SMARTS) is 2. The lowest BCUT2D eigenvalue weighted by Crippen LogP contribution is -2.58. The van der Waals surface area contributed by atoms with Crippen LogP contribution in [0.25, 0.3) is 0 Å². The van der Waals surface area contributed by atoms with Gasteiger partial charge in [0.1, 0.15) is 23.9 Å². The molecule has 12 nitrogen and oxygen atoms in total. The van der Waals surface area contributed by atoms with Gasteiger partial charge in [0.15, 0.2) is 0 Å². The van der Waals surface area contributed by atoms with E-state index in [-0.39, 0.29) is 23.7 Å². The molecule has 0 aliphatic rings. The number of benzene rings is 1. The quantitative estimate of drug-likeness (QED) is 0.138. The number of carbonyl (C=O) groups is 5. The van der Waals surface area contributed by atoms with Crippen molar-refractivity contribution in [1.82, 2.24) is 16.0 Å². The highest BCUT2D eigenvalue weighted by molar-refractivity contribution is 7.80. The van der Waals surface area contributed by atoms with E-state index in [2.05, 4.69) is 41.2 Å². The molecule has 0 heterocycles. The van der Waals surface area contributed by atoms with Gasteiger partial charge in [-0.25, -0.2) is 4.79 Å². The fraction of sp³-hybridized carbons (Fsp3) is 0.421. The second kappa shape index (κ2) is 13.5. The highest BCUT2D eigenvalue weighted by Crippen LogP contribution is 2.11. The monoisotopic (exact) mass is 502 g/mol. The topological polar surface area (TPSA) is 208 Å². The Bertz CT molecular complexity index is 868. The Morgan fingerprint density at radius 1 is 0.818 bits per heavy atom. The first kappa shape index (κ1) is 28.1. The first-order valence-corrected chi connectivity index (χ1v) is 10.9. The van der Waals surface area contributed by atoms with E-state index in [0.29, 0.717) is 5.56 Å². The van der Waals surface area contributed by atoms with E-state index in [1.54, 1.807) is 0 Å². The van der Waals surface area contributed by atoms with Gasteiger partial charge in [-0.3, -0.25) is 19.2 Å². The number of hydrogen-bond acceptors (Lipinski definition) is 9. The van der Waals surface area contributed by atoms with Gasteiger partial charge in [0.05, 0.1) is 12.5 Å². The van der Waals surface area contributed by atoms with Crippen molar-refractivity contribution in [3.05, 3.63) is 29.8 Å². The van der Waals surface area contributed by atoms with E-state index < -0.39 is 60.2 Å². The Morgan fingerprint density at radius 2 is 1.33 bits per heavy atom. The van der Waals surface area contributed by atoms with E-state index in [9.17, 15) is 34.2 Å². The standard InChI is InChI=1S/C19H26N4O8S2/c20-11(7-32)16(27)21-12(6-15(25)26)17(28)23-14(8-33)18(29)22-13(19(30)31)5-9-1-3-10(24)4-2-9/h1-4,11-14,24,32-33H,5-8,20H2,(H,21,27)(H,22,29)(H,23,28)(H,25,26)(H,30,31). The number of rotatable bonds is 13. The molecule has 4 unspecified atom stereocenters. The molecule has 0 spiro atoms. The zero-order chi connectivity index (χ0) is 25.1. The highest BCUT2D eigenvalue weighted by atomic mass is 32.1. The summed E-state index contributed by atoms with van der Waals surface area (Å²) in [6, 6.07) is 0.403. The second-order valence-electron chi connectivity index (χ2n) is 6.96. The third-order valence-electron chi connectivity index (χ3n) is 4.35. The molecule has 0 aliphatic carbocycles. The number of carbonyl (C=O) groups excluding carboxylic acids is 3. The number of amides is 3. The summed E-state index contributed by atoms with van der Waals surface area (Å²) >= 11 is 7.84. The Kier molecular flexibility index (Phi) is 11.5.